The Balaban J connectivity index is 1.52. The quantitative estimate of drug-likeness (QED) is 0.617. The normalized spacial score (nSPS) is 13.6. The first-order chi connectivity index (χ1) is 14.9. The third-order valence-corrected chi connectivity index (χ3v) is 6.32. The first-order valence-corrected chi connectivity index (χ1v) is 11.8. The fourth-order valence-corrected chi connectivity index (χ4v) is 4.35. The zero-order valence-corrected chi connectivity index (χ0v) is 18.3. The molecule has 1 fully saturated rings. The van der Waals surface area contributed by atoms with Gasteiger partial charge in [0.2, 0.25) is 5.91 Å². The lowest BCUT2D eigenvalue weighted by Gasteiger charge is -2.15. The van der Waals surface area contributed by atoms with Crippen LogP contribution in [-0.2, 0) is 14.8 Å². The Morgan fingerprint density at radius 1 is 1.00 bits per heavy atom. The maximum absolute atomic E-state index is 12.5. The first kappa shape index (κ1) is 22.6. The van der Waals surface area contributed by atoms with E-state index in [9.17, 15) is 18.0 Å². The van der Waals surface area contributed by atoms with Crippen molar-refractivity contribution in [1.29, 1.82) is 0 Å². The van der Waals surface area contributed by atoms with Gasteiger partial charge in [0, 0.05) is 37.3 Å². The second-order valence-electron chi connectivity index (χ2n) is 7.18. The number of ether oxygens (including phenoxy) is 1. The summed E-state index contributed by atoms with van der Waals surface area (Å²) in [5.41, 5.74) is 0.729. The minimum atomic E-state index is -3.76. The van der Waals surface area contributed by atoms with E-state index < -0.39 is 10.0 Å². The number of amides is 2. The van der Waals surface area contributed by atoms with E-state index in [1.165, 1.54) is 36.4 Å². The standard InChI is InChI=1S/C22H27N3O5S/c1-2-30-19-9-11-20(12-10-19)31(28,29)24-18-7-5-17(6-8-18)22(27)23-14-13-21(26)25-15-3-4-16-25/h5-12,24H,2-4,13-16H2,1H3,(H,23,27). The van der Waals surface area contributed by atoms with Crippen LogP contribution in [0.4, 0.5) is 5.69 Å². The van der Waals surface area contributed by atoms with Crippen LogP contribution in [0.1, 0.15) is 36.5 Å². The molecule has 2 N–H and O–H groups in total. The van der Waals surface area contributed by atoms with Gasteiger partial charge < -0.3 is 15.0 Å². The third kappa shape index (κ3) is 6.21. The van der Waals surface area contributed by atoms with Gasteiger partial charge in [-0.15, -0.1) is 0 Å². The molecule has 1 heterocycles. The number of benzene rings is 2. The van der Waals surface area contributed by atoms with Crippen molar-refractivity contribution in [3.63, 3.8) is 0 Å². The monoisotopic (exact) mass is 445 g/mol. The molecule has 8 nitrogen and oxygen atoms in total. The summed E-state index contributed by atoms with van der Waals surface area (Å²) in [5, 5.41) is 2.73. The van der Waals surface area contributed by atoms with Crippen molar-refractivity contribution in [2.45, 2.75) is 31.1 Å². The Kier molecular flexibility index (Phi) is 7.51. The van der Waals surface area contributed by atoms with E-state index >= 15 is 0 Å². The van der Waals surface area contributed by atoms with Gasteiger partial charge >= 0.3 is 0 Å². The van der Waals surface area contributed by atoms with Gasteiger partial charge in [0.25, 0.3) is 15.9 Å². The van der Waals surface area contributed by atoms with E-state index in [0.717, 1.165) is 25.9 Å². The lowest BCUT2D eigenvalue weighted by molar-refractivity contribution is -0.129. The molecule has 1 aliphatic rings. The topological polar surface area (TPSA) is 105 Å². The summed E-state index contributed by atoms with van der Waals surface area (Å²) in [6, 6.07) is 12.3. The highest BCUT2D eigenvalue weighted by atomic mass is 32.2. The van der Waals surface area contributed by atoms with Gasteiger partial charge in [0.1, 0.15) is 5.75 Å². The van der Waals surface area contributed by atoms with Crippen LogP contribution in [0, 0.1) is 0 Å². The summed E-state index contributed by atoms with van der Waals surface area (Å²) in [6.07, 6.45) is 2.34. The summed E-state index contributed by atoms with van der Waals surface area (Å²) in [4.78, 5) is 26.2. The average Bonchev–Trinajstić information content (AvgIpc) is 3.29. The first-order valence-electron chi connectivity index (χ1n) is 10.3. The van der Waals surface area contributed by atoms with Crippen LogP contribution < -0.4 is 14.8 Å². The van der Waals surface area contributed by atoms with Crippen LogP contribution in [0.2, 0.25) is 0 Å². The van der Waals surface area contributed by atoms with Crippen LogP contribution in [0.25, 0.3) is 0 Å². The summed E-state index contributed by atoms with van der Waals surface area (Å²) in [7, 11) is -3.76. The minimum absolute atomic E-state index is 0.0526. The van der Waals surface area contributed by atoms with Gasteiger partial charge in [-0.3, -0.25) is 14.3 Å². The highest BCUT2D eigenvalue weighted by Gasteiger charge is 2.18. The highest BCUT2D eigenvalue weighted by Crippen LogP contribution is 2.20. The van der Waals surface area contributed by atoms with Gasteiger partial charge in [-0.2, -0.15) is 0 Å². The second-order valence-corrected chi connectivity index (χ2v) is 8.86. The Morgan fingerprint density at radius 2 is 1.65 bits per heavy atom. The number of nitrogens with zero attached hydrogens (tertiary/aromatic N) is 1. The van der Waals surface area contributed by atoms with Crippen LogP contribution >= 0.6 is 0 Å². The lowest BCUT2D eigenvalue weighted by Crippen LogP contribution is -2.32. The smallest absolute Gasteiger partial charge is 0.261 e. The van der Waals surface area contributed by atoms with Crippen molar-refractivity contribution in [2.75, 3.05) is 31.0 Å². The molecule has 0 aliphatic carbocycles. The number of carbonyl (C=O) groups excluding carboxylic acids is 2. The molecule has 1 aliphatic heterocycles. The molecule has 0 saturated carbocycles. The number of hydrogen-bond acceptors (Lipinski definition) is 5. The summed E-state index contributed by atoms with van der Waals surface area (Å²) < 4.78 is 32.9. The largest absolute Gasteiger partial charge is 0.494 e. The molecule has 0 aromatic heterocycles. The van der Waals surface area contributed by atoms with Crippen LogP contribution in [-0.4, -0.2) is 51.4 Å². The second kappa shape index (κ2) is 10.3. The fourth-order valence-electron chi connectivity index (χ4n) is 3.30. The minimum Gasteiger partial charge on any atom is -0.494 e. The molecular weight excluding hydrogens is 418 g/mol. The number of hydrogen-bond donors (Lipinski definition) is 2. The van der Waals surface area contributed by atoms with E-state index in [1.807, 2.05) is 11.8 Å². The maximum atomic E-state index is 12.5. The Labute approximate surface area is 182 Å². The van der Waals surface area contributed by atoms with E-state index in [0.29, 0.717) is 23.6 Å². The van der Waals surface area contributed by atoms with E-state index in [4.69, 9.17) is 4.74 Å². The molecule has 0 spiro atoms. The number of rotatable bonds is 9. The predicted octanol–water partition coefficient (Wildman–Crippen LogP) is 2.63. The van der Waals surface area contributed by atoms with Gasteiger partial charge in [-0.05, 0) is 68.3 Å². The Morgan fingerprint density at radius 3 is 2.26 bits per heavy atom. The van der Waals surface area contributed by atoms with Crippen molar-refractivity contribution in [1.82, 2.24) is 10.2 Å². The van der Waals surface area contributed by atoms with Crippen molar-refractivity contribution >= 4 is 27.5 Å². The summed E-state index contributed by atoms with van der Waals surface area (Å²) >= 11 is 0. The molecule has 0 atom stereocenters. The van der Waals surface area contributed by atoms with Gasteiger partial charge in [-0.25, -0.2) is 8.42 Å². The van der Waals surface area contributed by atoms with E-state index in [-0.39, 0.29) is 29.7 Å². The SMILES string of the molecule is CCOc1ccc(S(=O)(=O)Nc2ccc(C(=O)NCCC(=O)N3CCCC3)cc2)cc1. The highest BCUT2D eigenvalue weighted by molar-refractivity contribution is 7.92. The molecular formula is C22H27N3O5S. The summed E-state index contributed by atoms with van der Waals surface area (Å²) in [5.74, 6) is 0.339. The summed E-state index contributed by atoms with van der Waals surface area (Å²) in [6.45, 7) is 4.20. The van der Waals surface area contributed by atoms with Gasteiger partial charge in [0.05, 0.1) is 11.5 Å². The lowest BCUT2D eigenvalue weighted by atomic mass is 10.2. The van der Waals surface area contributed by atoms with Crippen molar-refractivity contribution in [3.8, 4) is 5.75 Å². The molecule has 0 bridgehead atoms. The number of likely N-dealkylation sites (tertiary alicyclic amines) is 1. The molecule has 2 aromatic carbocycles. The van der Waals surface area contributed by atoms with Crippen molar-refractivity contribution in [3.05, 3.63) is 54.1 Å². The van der Waals surface area contributed by atoms with E-state index in [1.54, 1.807) is 12.1 Å². The van der Waals surface area contributed by atoms with Crippen LogP contribution in [0.15, 0.2) is 53.4 Å². The molecule has 0 radical (unpaired) electrons. The zero-order valence-electron chi connectivity index (χ0n) is 17.5. The number of nitrogens with one attached hydrogen (secondary N) is 2. The Hall–Kier alpha value is -3.07. The molecule has 2 amide bonds. The van der Waals surface area contributed by atoms with Crippen LogP contribution in [0.3, 0.4) is 0 Å². The van der Waals surface area contributed by atoms with Gasteiger partial charge in [0.15, 0.2) is 0 Å². The molecule has 3 rings (SSSR count). The predicted molar refractivity (Wildman–Crippen MR) is 118 cm³/mol. The van der Waals surface area contributed by atoms with Gasteiger partial charge in [-0.1, -0.05) is 0 Å². The molecule has 1 saturated heterocycles. The van der Waals surface area contributed by atoms with E-state index in [2.05, 4.69) is 10.0 Å². The zero-order chi connectivity index (χ0) is 22.3. The number of sulfonamides is 1. The Bertz CT molecular complexity index is 998. The molecule has 0 unspecified atom stereocenters. The number of carbonyl (C=O) groups is 2. The van der Waals surface area contributed by atoms with Crippen molar-refractivity contribution < 1.29 is 22.7 Å². The molecule has 166 valence electrons. The number of anilines is 1. The molecule has 9 heteroatoms. The molecule has 2 aromatic rings. The third-order valence-electron chi connectivity index (χ3n) is 4.93. The molecule has 31 heavy (non-hydrogen) atoms. The average molecular weight is 446 g/mol. The maximum Gasteiger partial charge on any atom is 0.261 e. The van der Waals surface area contributed by atoms with Crippen molar-refractivity contribution in [2.24, 2.45) is 0 Å². The fraction of sp³-hybridized carbons (Fsp3) is 0.364. The van der Waals surface area contributed by atoms with Crippen LogP contribution in [0.5, 0.6) is 5.75 Å².